The minimum absolute atomic E-state index is 0.103. The lowest BCUT2D eigenvalue weighted by molar-refractivity contribution is -0.00702. The third kappa shape index (κ3) is 14.2. The lowest BCUT2D eigenvalue weighted by atomic mass is 9.98. The van der Waals surface area contributed by atoms with Gasteiger partial charge in [0, 0.05) is 12.5 Å². The van der Waals surface area contributed by atoms with Gasteiger partial charge < -0.3 is 18.9 Å². The third-order valence-electron chi connectivity index (χ3n) is 2.26. The summed E-state index contributed by atoms with van der Waals surface area (Å²) in [6.45, 7) is 6.89. The van der Waals surface area contributed by atoms with Gasteiger partial charge in [-0.1, -0.05) is 13.8 Å². The summed E-state index contributed by atoms with van der Waals surface area (Å²) in [6, 6.07) is 0. The van der Waals surface area contributed by atoms with Crippen molar-refractivity contribution in [2.45, 2.75) is 13.8 Å². The highest BCUT2D eigenvalue weighted by molar-refractivity contribution is 7.89. The zero-order valence-electron chi connectivity index (χ0n) is 12.6. The summed E-state index contributed by atoms with van der Waals surface area (Å²) in [5.74, 6) is -0.103. The van der Waals surface area contributed by atoms with Gasteiger partial charge in [0.1, 0.15) is 0 Å². The van der Waals surface area contributed by atoms with Gasteiger partial charge in [-0.25, -0.2) is 13.6 Å². The maximum absolute atomic E-state index is 11.0. The number of sulfonamides is 1. The number of rotatable bonds is 13. The first-order valence-electron chi connectivity index (χ1n) is 6.49. The molecule has 0 radical (unpaired) electrons. The van der Waals surface area contributed by atoms with E-state index in [1.807, 2.05) is 0 Å². The van der Waals surface area contributed by atoms with Crippen molar-refractivity contribution in [3.8, 4) is 0 Å². The minimum Gasteiger partial charge on any atom is -0.382 e. The SMILES string of the molecule is COCCOCCOCCOCC(C)(C)CS(N)(=O)=O. The molecule has 0 spiro atoms. The molecule has 0 aliphatic rings. The van der Waals surface area contributed by atoms with Crippen LogP contribution in [0.25, 0.3) is 0 Å². The standard InChI is InChI=1S/C12H27NO6S/c1-12(2,11-20(13,14)15)10-19-9-8-18-7-6-17-5-4-16-3/h4-11H2,1-3H3,(H2,13,14,15). The molecule has 2 N–H and O–H groups in total. The Morgan fingerprint density at radius 1 is 0.900 bits per heavy atom. The van der Waals surface area contributed by atoms with Gasteiger partial charge in [-0.3, -0.25) is 0 Å². The zero-order chi connectivity index (χ0) is 15.5. The van der Waals surface area contributed by atoms with Crippen LogP contribution in [-0.4, -0.2) is 67.5 Å². The normalized spacial score (nSPS) is 12.8. The number of methoxy groups -OCH3 is 1. The molecule has 0 aliphatic heterocycles. The molecule has 0 saturated heterocycles. The molecule has 0 saturated carbocycles. The molecule has 0 aromatic rings. The Bertz CT molecular complexity index is 331. The Labute approximate surface area is 121 Å². The minimum atomic E-state index is -3.48. The lowest BCUT2D eigenvalue weighted by Gasteiger charge is -2.22. The second-order valence-electron chi connectivity index (χ2n) is 5.24. The van der Waals surface area contributed by atoms with Crippen LogP contribution in [0.1, 0.15) is 13.8 Å². The molecule has 0 aromatic heterocycles. The fraction of sp³-hybridized carbons (Fsp3) is 1.00. The smallest absolute Gasteiger partial charge is 0.209 e. The Balaban J connectivity index is 3.43. The van der Waals surface area contributed by atoms with Crippen molar-refractivity contribution in [1.29, 1.82) is 0 Å². The molecule has 0 heterocycles. The molecule has 0 unspecified atom stereocenters. The molecule has 7 nitrogen and oxygen atoms in total. The summed E-state index contributed by atoms with van der Waals surface area (Å²) >= 11 is 0. The van der Waals surface area contributed by atoms with Crippen LogP contribution in [-0.2, 0) is 29.0 Å². The third-order valence-corrected chi connectivity index (χ3v) is 3.44. The van der Waals surface area contributed by atoms with E-state index in [1.54, 1.807) is 21.0 Å². The van der Waals surface area contributed by atoms with Crippen LogP contribution < -0.4 is 5.14 Å². The molecular weight excluding hydrogens is 286 g/mol. The highest BCUT2D eigenvalue weighted by Gasteiger charge is 2.24. The molecule has 0 aromatic carbocycles. The molecule has 0 atom stereocenters. The van der Waals surface area contributed by atoms with Gasteiger partial charge in [-0.2, -0.15) is 0 Å². The van der Waals surface area contributed by atoms with Crippen LogP contribution in [0, 0.1) is 5.41 Å². The van der Waals surface area contributed by atoms with Gasteiger partial charge in [0.25, 0.3) is 0 Å². The monoisotopic (exact) mass is 313 g/mol. The maximum Gasteiger partial charge on any atom is 0.209 e. The van der Waals surface area contributed by atoms with E-state index in [2.05, 4.69) is 0 Å². The molecule has 0 rings (SSSR count). The van der Waals surface area contributed by atoms with Gasteiger partial charge in [0.05, 0.1) is 52.0 Å². The van der Waals surface area contributed by atoms with E-state index in [0.29, 0.717) is 46.2 Å². The van der Waals surface area contributed by atoms with E-state index in [4.69, 9.17) is 24.1 Å². The topological polar surface area (TPSA) is 97.1 Å². The Hall–Kier alpha value is -0.250. The van der Waals surface area contributed by atoms with E-state index >= 15 is 0 Å². The van der Waals surface area contributed by atoms with Crippen molar-refractivity contribution in [3.63, 3.8) is 0 Å². The number of primary sulfonamides is 1. The fourth-order valence-electron chi connectivity index (χ4n) is 1.52. The predicted octanol–water partition coefficient (Wildman–Crippen LogP) is -0.00270. The summed E-state index contributed by atoms with van der Waals surface area (Å²) in [7, 11) is -1.86. The number of nitrogens with two attached hydrogens (primary N) is 1. The van der Waals surface area contributed by atoms with Crippen molar-refractivity contribution < 1.29 is 27.4 Å². The molecule has 20 heavy (non-hydrogen) atoms. The van der Waals surface area contributed by atoms with E-state index in [0.717, 1.165) is 0 Å². The predicted molar refractivity (Wildman–Crippen MR) is 76.1 cm³/mol. The maximum atomic E-state index is 11.0. The summed E-state index contributed by atoms with van der Waals surface area (Å²) in [4.78, 5) is 0. The largest absolute Gasteiger partial charge is 0.382 e. The first-order valence-corrected chi connectivity index (χ1v) is 8.21. The van der Waals surface area contributed by atoms with Crippen LogP contribution in [0.15, 0.2) is 0 Å². The summed E-state index contributed by atoms with van der Waals surface area (Å²) in [6.07, 6.45) is 0. The number of hydrogen-bond acceptors (Lipinski definition) is 6. The molecule has 122 valence electrons. The van der Waals surface area contributed by atoms with Gasteiger partial charge in [-0.05, 0) is 0 Å². The fourth-order valence-corrected chi connectivity index (χ4v) is 2.69. The van der Waals surface area contributed by atoms with Crippen LogP contribution >= 0.6 is 0 Å². The lowest BCUT2D eigenvalue weighted by Crippen LogP contribution is -2.33. The first kappa shape index (κ1) is 19.8. The molecule has 0 aliphatic carbocycles. The molecule has 0 amide bonds. The van der Waals surface area contributed by atoms with Gasteiger partial charge >= 0.3 is 0 Å². The second kappa shape index (κ2) is 10.5. The van der Waals surface area contributed by atoms with Crippen molar-refractivity contribution >= 4 is 10.0 Å². The van der Waals surface area contributed by atoms with Gasteiger partial charge in [0.2, 0.25) is 10.0 Å². The highest BCUT2D eigenvalue weighted by Crippen LogP contribution is 2.16. The average molecular weight is 313 g/mol. The van der Waals surface area contributed by atoms with Crippen molar-refractivity contribution in [2.24, 2.45) is 10.6 Å². The van der Waals surface area contributed by atoms with E-state index in [9.17, 15) is 8.42 Å². The highest BCUT2D eigenvalue weighted by atomic mass is 32.2. The summed E-state index contributed by atoms with van der Waals surface area (Å²) < 4.78 is 42.7. The van der Waals surface area contributed by atoms with Gasteiger partial charge in [-0.15, -0.1) is 0 Å². The van der Waals surface area contributed by atoms with E-state index in [-0.39, 0.29) is 5.75 Å². The van der Waals surface area contributed by atoms with Crippen molar-refractivity contribution in [3.05, 3.63) is 0 Å². The van der Waals surface area contributed by atoms with Crippen molar-refractivity contribution in [1.82, 2.24) is 0 Å². The average Bonchev–Trinajstić information content (AvgIpc) is 2.28. The zero-order valence-corrected chi connectivity index (χ0v) is 13.4. The molecule has 0 fully saturated rings. The van der Waals surface area contributed by atoms with Gasteiger partial charge in [0.15, 0.2) is 0 Å². The first-order chi connectivity index (χ1) is 9.27. The second-order valence-corrected chi connectivity index (χ2v) is 6.86. The Kier molecular flexibility index (Phi) is 10.3. The van der Waals surface area contributed by atoms with Crippen LogP contribution in [0.5, 0.6) is 0 Å². The van der Waals surface area contributed by atoms with E-state index in [1.165, 1.54) is 0 Å². The van der Waals surface area contributed by atoms with Crippen LogP contribution in [0.3, 0.4) is 0 Å². The Morgan fingerprint density at radius 2 is 1.35 bits per heavy atom. The summed E-state index contributed by atoms with van der Waals surface area (Å²) in [5, 5.41) is 5.01. The summed E-state index contributed by atoms with van der Waals surface area (Å²) in [5.41, 5.74) is -0.503. The van der Waals surface area contributed by atoms with Crippen molar-refractivity contribution in [2.75, 3.05) is 59.1 Å². The molecule has 0 bridgehead atoms. The quantitative estimate of drug-likeness (QED) is 0.481. The van der Waals surface area contributed by atoms with E-state index < -0.39 is 15.4 Å². The number of hydrogen-bond donors (Lipinski definition) is 1. The van der Waals surface area contributed by atoms with Crippen LogP contribution in [0.2, 0.25) is 0 Å². The number of ether oxygens (including phenoxy) is 4. The Morgan fingerprint density at radius 3 is 1.80 bits per heavy atom. The van der Waals surface area contributed by atoms with Crippen LogP contribution in [0.4, 0.5) is 0 Å². The molecule has 8 heteroatoms. The molecular formula is C12H27NO6S.